The van der Waals surface area contributed by atoms with Gasteiger partial charge in [0.05, 0.1) is 11.6 Å². The van der Waals surface area contributed by atoms with Gasteiger partial charge in [-0.05, 0) is 38.7 Å². The third-order valence-electron chi connectivity index (χ3n) is 2.36. The number of benzene rings is 1. The van der Waals surface area contributed by atoms with Crippen LogP contribution in [0.25, 0.3) is 0 Å². The van der Waals surface area contributed by atoms with Gasteiger partial charge < -0.3 is 15.0 Å². The molecule has 0 spiro atoms. The van der Waals surface area contributed by atoms with Crippen molar-refractivity contribution in [1.29, 1.82) is 0 Å². The summed E-state index contributed by atoms with van der Waals surface area (Å²) < 4.78 is 5.39. The van der Waals surface area contributed by atoms with Crippen LogP contribution >= 0.6 is 36.4 Å². The maximum absolute atomic E-state index is 6.11. The van der Waals surface area contributed by atoms with Gasteiger partial charge in [0.15, 0.2) is 0 Å². The molecule has 112 valence electrons. The Kier molecular flexibility index (Phi) is 12.9. The molecular weight excluding hydrogens is 307 g/mol. The Labute approximate surface area is 133 Å². The smallest absolute Gasteiger partial charge is 0.137 e. The van der Waals surface area contributed by atoms with Gasteiger partial charge in [-0.2, -0.15) is 0 Å². The molecular formula is C13H23Cl3N2O. The fourth-order valence-electron chi connectivity index (χ4n) is 1.46. The Balaban J connectivity index is 0. The van der Waals surface area contributed by atoms with Crippen molar-refractivity contribution in [2.75, 3.05) is 33.8 Å². The largest absolute Gasteiger partial charge is 0.492 e. The molecule has 0 aliphatic rings. The van der Waals surface area contributed by atoms with Crippen LogP contribution in [0.1, 0.15) is 12.5 Å². The first-order valence-corrected chi connectivity index (χ1v) is 6.28. The van der Waals surface area contributed by atoms with Gasteiger partial charge in [-0.3, -0.25) is 0 Å². The second-order valence-electron chi connectivity index (χ2n) is 4.18. The lowest BCUT2D eigenvalue weighted by Gasteiger charge is -2.11. The topological polar surface area (TPSA) is 24.5 Å². The van der Waals surface area contributed by atoms with E-state index in [1.807, 2.05) is 25.1 Å². The fourth-order valence-corrected chi connectivity index (χ4v) is 1.72. The third-order valence-corrected chi connectivity index (χ3v) is 2.66. The minimum absolute atomic E-state index is 0. The van der Waals surface area contributed by atoms with E-state index in [1.165, 1.54) is 5.56 Å². The van der Waals surface area contributed by atoms with Crippen molar-refractivity contribution in [3.05, 3.63) is 28.8 Å². The maximum Gasteiger partial charge on any atom is 0.137 e. The first kappa shape index (κ1) is 21.1. The fraction of sp³-hybridized carbons (Fsp3) is 0.538. The van der Waals surface area contributed by atoms with Gasteiger partial charge in [-0.25, -0.2) is 0 Å². The number of hydrogen-bond donors (Lipinski definition) is 1. The van der Waals surface area contributed by atoms with Gasteiger partial charge in [0, 0.05) is 19.6 Å². The minimum atomic E-state index is 0. The van der Waals surface area contributed by atoms with Crippen molar-refractivity contribution in [3.63, 3.8) is 0 Å². The predicted octanol–water partition coefficient (Wildman–Crippen LogP) is 3.23. The van der Waals surface area contributed by atoms with Crippen molar-refractivity contribution in [2.24, 2.45) is 0 Å². The van der Waals surface area contributed by atoms with Gasteiger partial charge in [-0.15, -0.1) is 24.8 Å². The molecule has 3 nitrogen and oxygen atoms in total. The van der Waals surface area contributed by atoms with Crippen LogP contribution in [0.3, 0.4) is 0 Å². The Bertz CT molecular complexity index is 349. The van der Waals surface area contributed by atoms with Gasteiger partial charge in [0.2, 0.25) is 0 Å². The zero-order valence-corrected chi connectivity index (χ0v) is 14.0. The van der Waals surface area contributed by atoms with E-state index in [-0.39, 0.29) is 24.8 Å². The molecule has 0 radical (unpaired) electrons. The molecule has 0 saturated heterocycles. The number of likely N-dealkylation sites (N-methyl/N-ethyl adjacent to an activating group) is 1. The van der Waals surface area contributed by atoms with Crippen LogP contribution in [-0.2, 0) is 6.54 Å². The molecule has 0 atom stereocenters. The van der Waals surface area contributed by atoms with Crippen LogP contribution in [0, 0.1) is 0 Å². The van der Waals surface area contributed by atoms with E-state index in [1.54, 1.807) is 0 Å². The molecule has 0 bridgehead atoms. The van der Waals surface area contributed by atoms with Crippen LogP contribution in [-0.4, -0.2) is 38.7 Å². The van der Waals surface area contributed by atoms with Crippen molar-refractivity contribution in [2.45, 2.75) is 13.5 Å². The SMILES string of the molecule is CCOc1ccc(CNCCN(C)C)cc1Cl.Cl.Cl. The average molecular weight is 330 g/mol. The lowest BCUT2D eigenvalue weighted by Crippen LogP contribution is -2.26. The Morgan fingerprint density at radius 1 is 1.26 bits per heavy atom. The second-order valence-corrected chi connectivity index (χ2v) is 4.59. The molecule has 0 fully saturated rings. The summed E-state index contributed by atoms with van der Waals surface area (Å²) >= 11 is 6.11. The molecule has 1 rings (SSSR count). The highest BCUT2D eigenvalue weighted by molar-refractivity contribution is 6.32. The molecule has 6 heteroatoms. The molecule has 0 aliphatic heterocycles. The number of nitrogens with zero attached hydrogens (tertiary/aromatic N) is 1. The zero-order valence-electron chi connectivity index (χ0n) is 11.6. The minimum Gasteiger partial charge on any atom is -0.492 e. The molecule has 0 amide bonds. The summed E-state index contributed by atoms with van der Waals surface area (Å²) in [6, 6.07) is 5.92. The van der Waals surface area contributed by atoms with Crippen molar-refractivity contribution in [1.82, 2.24) is 10.2 Å². The normalized spacial score (nSPS) is 9.74. The molecule has 19 heavy (non-hydrogen) atoms. The predicted molar refractivity (Wildman–Crippen MR) is 87.4 cm³/mol. The molecule has 0 aliphatic carbocycles. The van der Waals surface area contributed by atoms with E-state index in [0.29, 0.717) is 11.6 Å². The standard InChI is InChI=1S/C13H21ClN2O.2ClH/c1-4-17-13-6-5-11(9-12(13)14)10-15-7-8-16(2)3;;/h5-6,9,15H,4,7-8,10H2,1-3H3;2*1H. The molecule has 0 aromatic heterocycles. The molecule has 1 aromatic rings. The molecule has 0 unspecified atom stereocenters. The Morgan fingerprint density at radius 2 is 1.95 bits per heavy atom. The summed E-state index contributed by atoms with van der Waals surface area (Å²) in [5.74, 6) is 0.756. The first-order chi connectivity index (χ1) is 8.13. The van der Waals surface area contributed by atoms with E-state index in [2.05, 4.69) is 24.3 Å². The Hall–Kier alpha value is -0.190. The van der Waals surface area contributed by atoms with Gasteiger partial charge in [0.1, 0.15) is 5.75 Å². The highest BCUT2D eigenvalue weighted by Gasteiger charge is 2.02. The lowest BCUT2D eigenvalue weighted by atomic mass is 10.2. The number of rotatable bonds is 7. The van der Waals surface area contributed by atoms with Crippen molar-refractivity contribution in [3.8, 4) is 5.75 Å². The van der Waals surface area contributed by atoms with Crippen molar-refractivity contribution >= 4 is 36.4 Å². The summed E-state index contributed by atoms with van der Waals surface area (Å²) in [6.45, 7) is 5.43. The molecule has 0 saturated carbocycles. The second kappa shape index (κ2) is 11.6. The highest BCUT2D eigenvalue weighted by atomic mass is 35.5. The number of halogens is 3. The van der Waals surface area contributed by atoms with E-state index in [9.17, 15) is 0 Å². The Morgan fingerprint density at radius 3 is 2.47 bits per heavy atom. The molecule has 1 aromatic carbocycles. The van der Waals surface area contributed by atoms with Gasteiger partial charge >= 0.3 is 0 Å². The van der Waals surface area contributed by atoms with Gasteiger partial charge in [0.25, 0.3) is 0 Å². The number of ether oxygens (including phenoxy) is 1. The summed E-state index contributed by atoms with van der Waals surface area (Å²) in [7, 11) is 4.13. The number of nitrogens with one attached hydrogen (secondary N) is 1. The molecule has 1 N–H and O–H groups in total. The highest BCUT2D eigenvalue weighted by Crippen LogP contribution is 2.25. The van der Waals surface area contributed by atoms with Crippen molar-refractivity contribution < 1.29 is 4.74 Å². The van der Waals surface area contributed by atoms with Crippen LogP contribution < -0.4 is 10.1 Å². The monoisotopic (exact) mass is 328 g/mol. The number of hydrogen-bond acceptors (Lipinski definition) is 3. The van der Waals surface area contributed by atoms with Crippen LogP contribution in [0.2, 0.25) is 5.02 Å². The molecule has 0 heterocycles. The van der Waals surface area contributed by atoms with E-state index < -0.39 is 0 Å². The average Bonchev–Trinajstić information content (AvgIpc) is 2.28. The zero-order chi connectivity index (χ0) is 12.7. The summed E-state index contributed by atoms with van der Waals surface area (Å²) in [5, 5.41) is 4.05. The summed E-state index contributed by atoms with van der Waals surface area (Å²) in [5.41, 5.74) is 1.18. The summed E-state index contributed by atoms with van der Waals surface area (Å²) in [6.07, 6.45) is 0. The lowest BCUT2D eigenvalue weighted by molar-refractivity contribution is 0.340. The third kappa shape index (κ3) is 8.56. The van der Waals surface area contributed by atoms with E-state index in [4.69, 9.17) is 16.3 Å². The maximum atomic E-state index is 6.11. The summed E-state index contributed by atoms with van der Waals surface area (Å²) in [4.78, 5) is 2.15. The quantitative estimate of drug-likeness (QED) is 0.777. The van der Waals surface area contributed by atoms with E-state index in [0.717, 1.165) is 25.4 Å². The van der Waals surface area contributed by atoms with E-state index >= 15 is 0 Å². The van der Waals surface area contributed by atoms with Crippen LogP contribution in [0.4, 0.5) is 0 Å². The van der Waals surface area contributed by atoms with Gasteiger partial charge in [-0.1, -0.05) is 17.7 Å². The van der Waals surface area contributed by atoms with Crippen LogP contribution in [0.5, 0.6) is 5.75 Å². The van der Waals surface area contributed by atoms with Crippen LogP contribution in [0.15, 0.2) is 18.2 Å². The first-order valence-electron chi connectivity index (χ1n) is 5.90.